The second-order valence-electron chi connectivity index (χ2n) is 6.85. The molecule has 3 heterocycles. The maximum atomic E-state index is 5.74. The van der Waals surface area contributed by atoms with Crippen molar-refractivity contribution in [1.29, 1.82) is 0 Å². The van der Waals surface area contributed by atoms with Gasteiger partial charge in [0.15, 0.2) is 0 Å². The number of hydrogen-bond donors (Lipinski definition) is 0. The molecule has 0 amide bonds. The molecule has 3 rings (SSSR count). The summed E-state index contributed by atoms with van der Waals surface area (Å²) in [6, 6.07) is 4.17. The second-order valence-corrected chi connectivity index (χ2v) is 6.85. The van der Waals surface area contributed by atoms with Crippen LogP contribution >= 0.6 is 0 Å². The lowest BCUT2D eigenvalue weighted by molar-refractivity contribution is 0.203. The summed E-state index contributed by atoms with van der Waals surface area (Å²) in [7, 11) is 0. The molecule has 0 N–H and O–H groups in total. The highest BCUT2D eigenvalue weighted by molar-refractivity contribution is 5.19. The van der Waals surface area contributed by atoms with E-state index < -0.39 is 0 Å². The molecule has 4 nitrogen and oxygen atoms in total. The van der Waals surface area contributed by atoms with E-state index in [1.807, 2.05) is 13.1 Å². The van der Waals surface area contributed by atoms with Crippen LogP contribution in [0.3, 0.4) is 0 Å². The van der Waals surface area contributed by atoms with E-state index in [2.05, 4.69) is 40.8 Å². The van der Waals surface area contributed by atoms with Crippen molar-refractivity contribution < 1.29 is 4.42 Å². The van der Waals surface area contributed by atoms with Crippen molar-refractivity contribution in [3.63, 3.8) is 0 Å². The van der Waals surface area contributed by atoms with E-state index >= 15 is 0 Å². The fourth-order valence-corrected chi connectivity index (χ4v) is 3.50. The van der Waals surface area contributed by atoms with Gasteiger partial charge >= 0.3 is 0 Å². The third-order valence-electron chi connectivity index (χ3n) is 5.04. The van der Waals surface area contributed by atoms with E-state index in [0.29, 0.717) is 11.8 Å². The Morgan fingerprint density at radius 2 is 2.04 bits per heavy atom. The van der Waals surface area contributed by atoms with Gasteiger partial charge in [0.1, 0.15) is 17.8 Å². The average Bonchev–Trinajstić information content (AvgIpc) is 3.00. The van der Waals surface area contributed by atoms with Crippen LogP contribution in [0.5, 0.6) is 0 Å². The predicted octanol–water partition coefficient (Wildman–Crippen LogP) is 4.06. The average molecular weight is 313 g/mol. The first-order valence-electron chi connectivity index (χ1n) is 8.68. The van der Waals surface area contributed by atoms with Crippen LogP contribution in [0.2, 0.25) is 0 Å². The van der Waals surface area contributed by atoms with Crippen LogP contribution in [-0.2, 0) is 0 Å². The molecule has 0 aromatic carbocycles. The lowest BCUT2D eigenvalue weighted by atomic mass is 9.91. The molecule has 124 valence electrons. The molecule has 0 unspecified atom stereocenters. The lowest BCUT2D eigenvalue weighted by Gasteiger charge is -2.32. The summed E-state index contributed by atoms with van der Waals surface area (Å²) in [5.74, 6) is 3.21. The number of rotatable bonds is 5. The number of furan rings is 1. The highest BCUT2D eigenvalue weighted by atomic mass is 16.3. The molecule has 1 aliphatic heterocycles. The Bertz CT molecular complexity index is 629. The molecule has 4 heteroatoms. The number of likely N-dealkylation sites (tertiary alicyclic amines) is 1. The zero-order valence-electron chi connectivity index (χ0n) is 14.5. The van der Waals surface area contributed by atoms with Gasteiger partial charge in [-0.2, -0.15) is 0 Å². The van der Waals surface area contributed by atoms with E-state index in [-0.39, 0.29) is 0 Å². The van der Waals surface area contributed by atoms with Crippen molar-refractivity contribution in [2.75, 3.05) is 19.6 Å². The fraction of sp³-hybridized carbons (Fsp3) is 0.579. The SMILES string of the molecule is Cc1ccc([C@H](C)CCN2CCC(c3ncncc3C)CC2)o1. The Balaban J connectivity index is 1.47. The third kappa shape index (κ3) is 3.99. The molecule has 0 spiro atoms. The van der Waals surface area contributed by atoms with Gasteiger partial charge in [0.2, 0.25) is 0 Å². The molecule has 0 saturated carbocycles. The molecule has 1 fully saturated rings. The molecule has 1 atom stereocenters. The minimum atomic E-state index is 0.491. The summed E-state index contributed by atoms with van der Waals surface area (Å²) in [4.78, 5) is 11.2. The van der Waals surface area contributed by atoms with Gasteiger partial charge in [-0.25, -0.2) is 9.97 Å². The van der Waals surface area contributed by atoms with Gasteiger partial charge in [-0.05, 0) is 70.4 Å². The van der Waals surface area contributed by atoms with Crippen LogP contribution in [0.1, 0.15) is 60.8 Å². The zero-order valence-corrected chi connectivity index (χ0v) is 14.5. The number of nitrogens with zero attached hydrogens (tertiary/aromatic N) is 3. The van der Waals surface area contributed by atoms with Gasteiger partial charge in [-0.3, -0.25) is 0 Å². The Morgan fingerprint density at radius 3 is 2.70 bits per heavy atom. The van der Waals surface area contributed by atoms with Gasteiger partial charge < -0.3 is 9.32 Å². The summed E-state index contributed by atoms with van der Waals surface area (Å²) in [6.45, 7) is 9.87. The summed E-state index contributed by atoms with van der Waals surface area (Å²) in [5.41, 5.74) is 2.48. The van der Waals surface area contributed by atoms with Crippen LogP contribution in [-0.4, -0.2) is 34.5 Å². The summed E-state index contributed by atoms with van der Waals surface area (Å²) >= 11 is 0. The smallest absolute Gasteiger partial charge is 0.115 e. The van der Waals surface area contributed by atoms with E-state index in [4.69, 9.17) is 4.42 Å². The first-order valence-corrected chi connectivity index (χ1v) is 8.68. The number of piperidine rings is 1. The summed E-state index contributed by atoms with van der Waals surface area (Å²) < 4.78 is 5.74. The monoisotopic (exact) mass is 313 g/mol. The standard InChI is InChI=1S/C19H27N3O/c1-14(18-5-4-16(3)23-18)6-9-22-10-7-17(8-11-22)19-15(2)12-20-13-21-19/h4-5,12-14,17H,6-11H2,1-3H3/t14-/m1/s1. The van der Waals surface area contributed by atoms with Gasteiger partial charge in [-0.1, -0.05) is 6.92 Å². The Morgan fingerprint density at radius 1 is 1.26 bits per heavy atom. The molecule has 0 bridgehead atoms. The quantitative estimate of drug-likeness (QED) is 0.835. The maximum absolute atomic E-state index is 5.74. The second kappa shape index (κ2) is 7.26. The Labute approximate surface area is 138 Å². The van der Waals surface area contributed by atoms with Gasteiger partial charge in [-0.15, -0.1) is 0 Å². The molecule has 2 aromatic rings. The maximum Gasteiger partial charge on any atom is 0.115 e. The van der Waals surface area contributed by atoms with Gasteiger partial charge in [0, 0.05) is 23.7 Å². The number of aromatic nitrogens is 2. The van der Waals surface area contributed by atoms with Crippen LogP contribution in [0.15, 0.2) is 29.1 Å². The van der Waals surface area contributed by atoms with Crippen molar-refractivity contribution in [3.05, 3.63) is 47.4 Å². The molecule has 0 radical (unpaired) electrons. The van der Waals surface area contributed by atoms with E-state index in [0.717, 1.165) is 37.6 Å². The molecule has 23 heavy (non-hydrogen) atoms. The van der Waals surface area contributed by atoms with Crippen LogP contribution in [0.25, 0.3) is 0 Å². The first-order chi connectivity index (χ1) is 11.1. The van der Waals surface area contributed by atoms with Crippen molar-refractivity contribution in [3.8, 4) is 0 Å². The summed E-state index contributed by atoms with van der Waals surface area (Å²) in [6.07, 6.45) is 7.17. The van der Waals surface area contributed by atoms with E-state index in [1.54, 1.807) is 6.33 Å². The molecule has 2 aromatic heterocycles. The lowest BCUT2D eigenvalue weighted by Crippen LogP contribution is -2.34. The minimum absolute atomic E-state index is 0.491. The molecule has 1 saturated heterocycles. The highest BCUT2D eigenvalue weighted by Gasteiger charge is 2.23. The van der Waals surface area contributed by atoms with Crippen molar-refractivity contribution in [2.24, 2.45) is 0 Å². The largest absolute Gasteiger partial charge is 0.466 e. The normalized spacial score (nSPS) is 18.2. The first kappa shape index (κ1) is 16.2. The van der Waals surface area contributed by atoms with Gasteiger partial charge in [0.25, 0.3) is 0 Å². The van der Waals surface area contributed by atoms with E-state index in [1.165, 1.54) is 24.1 Å². The zero-order chi connectivity index (χ0) is 16.2. The topological polar surface area (TPSA) is 42.2 Å². The van der Waals surface area contributed by atoms with Crippen LogP contribution in [0, 0.1) is 13.8 Å². The molecule has 1 aliphatic rings. The number of hydrogen-bond acceptors (Lipinski definition) is 4. The van der Waals surface area contributed by atoms with E-state index in [9.17, 15) is 0 Å². The third-order valence-corrected chi connectivity index (χ3v) is 5.04. The van der Waals surface area contributed by atoms with Crippen molar-refractivity contribution in [1.82, 2.24) is 14.9 Å². The molecular formula is C19H27N3O. The highest BCUT2D eigenvalue weighted by Crippen LogP contribution is 2.29. The van der Waals surface area contributed by atoms with Crippen molar-refractivity contribution in [2.45, 2.75) is 51.9 Å². The Hall–Kier alpha value is -1.68. The van der Waals surface area contributed by atoms with Gasteiger partial charge in [0.05, 0.1) is 0 Å². The summed E-state index contributed by atoms with van der Waals surface area (Å²) in [5, 5.41) is 0. The number of aryl methyl sites for hydroxylation is 2. The van der Waals surface area contributed by atoms with Crippen LogP contribution in [0.4, 0.5) is 0 Å². The fourth-order valence-electron chi connectivity index (χ4n) is 3.50. The molecular weight excluding hydrogens is 286 g/mol. The van der Waals surface area contributed by atoms with Crippen molar-refractivity contribution >= 4 is 0 Å². The predicted molar refractivity (Wildman–Crippen MR) is 91.7 cm³/mol. The van der Waals surface area contributed by atoms with Crippen LogP contribution < -0.4 is 0 Å². The Kier molecular flexibility index (Phi) is 5.11. The molecule has 0 aliphatic carbocycles. The minimum Gasteiger partial charge on any atom is -0.466 e.